The number of phenolic OH excluding ortho intramolecular Hbond substituents is 2. The summed E-state index contributed by atoms with van der Waals surface area (Å²) >= 11 is 0. The van der Waals surface area contributed by atoms with Gasteiger partial charge >= 0.3 is 6.01 Å². The molecule has 0 saturated carbocycles. The Morgan fingerprint density at radius 1 is 1.00 bits per heavy atom. The molecule has 27 heavy (non-hydrogen) atoms. The number of rotatable bonds is 4. The first-order valence-corrected chi connectivity index (χ1v) is 8.38. The van der Waals surface area contributed by atoms with Crippen molar-refractivity contribution in [3.8, 4) is 34.6 Å². The van der Waals surface area contributed by atoms with Crippen LogP contribution in [0.25, 0.3) is 17.1 Å². The molecule has 2 aromatic carbocycles. The molecule has 0 aliphatic rings. The fourth-order valence-corrected chi connectivity index (χ4v) is 2.92. The first kappa shape index (κ1) is 18.5. The molecule has 0 atom stereocenters. The third-order valence-electron chi connectivity index (χ3n) is 4.33. The molecule has 7 nitrogen and oxygen atoms in total. The Morgan fingerprint density at radius 2 is 1.70 bits per heavy atom. The summed E-state index contributed by atoms with van der Waals surface area (Å²) in [4.78, 5) is 1.63. The van der Waals surface area contributed by atoms with Crippen LogP contribution in [0, 0.1) is 5.82 Å². The molecule has 0 aliphatic carbocycles. The van der Waals surface area contributed by atoms with Crippen LogP contribution in [0.15, 0.2) is 30.3 Å². The van der Waals surface area contributed by atoms with Crippen LogP contribution in [0.4, 0.5) is 10.1 Å². The summed E-state index contributed by atoms with van der Waals surface area (Å²) in [7, 11) is 3.45. The molecule has 0 amide bonds. The van der Waals surface area contributed by atoms with E-state index in [1.807, 2.05) is 13.8 Å². The van der Waals surface area contributed by atoms with Crippen molar-refractivity contribution in [1.82, 2.24) is 14.8 Å². The molecule has 0 radical (unpaired) electrons. The quantitative estimate of drug-likeness (QED) is 0.650. The average molecular weight is 372 g/mol. The largest absolute Gasteiger partial charge is 0.508 e. The summed E-state index contributed by atoms with van der Waals surface area (Å²) in [6.45, 7) is 3.79. The highest BCUT2D eigenvalue weighted by Crippen LogP contribution is 2.39. The van der Waals surface area contributed by atoms with Gasteiger partial charge in [0.2, 0.25) is 0 Å². The molecule has 3 aromatic rings. The van der Waals surface area contributed by atoms with Crippen molar-refractivity contribution in [1.29, 1.82) is 0 Å². The van der Waals surface area contributed by atoms with Crippen LogP contribution in [-0.4, -0.2) is 44.2 Å². The zero-order valence-corrected chi connectivity index (χ0v) is 15.5. The molecule has 0 aliphatic heterocycles. The molecule has 0 unspecified atom stereocenters. The Bertz CT molecular complexity index is 999. The third kappa shape index (κ3) is 3.25. The van der Waals surface area contributed by atoms with Gasteiger partial charge in [0, 0.05) is 26.2 Å². The fraction of sp³-hybridized carbons (Fsp3) is 0.263. The zero-order valence-electron chi connectivity index (χ0n) is 15.5. The summed E-state index contributed by atoms with van der Waals surface area (Å²) in [5.41, 5.74) is 1.56. The van der Waals surface area contributed by atoms with Crippen molar-refractivity contribution >= 4 is 5.69 Å². The van der Waals surface area contributed by atoms with Gasteiger partial charge in [-0.15, -0.1) is 5.10 Å². The summed E-state index contributed by atoms with van der Waals surface area (Å²) in [6, 6.07) is 6.80. The van der Waals surface area contributed by atoms with Crippen LogP contribution >= 0.6 is 0 Å². The number of halogens is 1. The minimum Gasteiger partial charge on any atom is -0.508 e. The van der Waals surface area contributed by atoms with E-state index in [2.05, 4.69) is 10.2 Å². The van der Waals surface area contributed by atoms with Gasteiger partial charge in [0.1, 0.15) is 17.3 Å². The summed E-state index contributed by atoms with van der Waals surface area (Å²) in [6.07, 6.45) is 0. The lowest BCUT2D eigenvalue weighted by Gasteiger charge is -2.16. The second-order valence-electron chi connectivity index (χ2n) is 6.77. The predicted molar refractivity (Wildman–Crippen MR) is 100 cm³/mol. The standard InChI is InChI=1S/C19H21FN4O3/c1-10(2)12-8-13(17(26)9-16(12)25)18-21-22-19(27)24(18)11-5-6-15(23(3)4)14(20)7-11/h5-10,25-26H,1-4H3,(H,22,27). The predicted octanol–water partition coefficient (Wildman–Crippen LogP) is 3.38. The van der Waals surface area contributed by atoms with E-state index in [9.17, 15) is 19.7 Å². The van der Waals surface area contributed by atoms with E-state index in [0.29, 0.717) is 16.9 Å². The maximum absolute atomic E-state index is 14.4. The number of nitrogens with zero attached hydrogens (tertiary/aromatic N) is 4. The molecule has 0 bridgehead atoms. The summed E-state index contributed by atoms with van der Waals surface area (Å²) < 4.78 is 15.6. The van der Waals surface area contributed by atoms with E-state index in [4.69, 9.17) is 0 Å². The van der Waals surface area contributed by atoms with Gasteiger partial charge in [0.25, 0.3) is 0 Å². The number of aromatic hydroxyl groups is 3. The molecule has 0 fully saturated rings. The second-order valence-corrected chi connectivity index (χ2v) is 6.77. The van der Waals surface area contributed by atoms with Gasteiger partial charge < -0.3 is 20.2 Å². The third-order valence-corrected chi connectivity index (χ3v) is 4.33. The molecule has 1 aromatic heterocycles. The highest BCUT2D eigenvalue weighted by molar-refractivity contribution is 5.70. The molecule has 3 rings (SSSR count). The highest BCUT2D eigenvalue weighted by Gasteiger charge is 2.21. The van der Waals surface area contributed by atoms with Gasteiger partial charge in [-0.25, -0.2) is 8.96 Å². The summed E-state index contributed by atoms with van der Waals surface area (Å²) in [5.74, 6) is -0.622. The van der Waals surface area contributed by atoms with E-state index >= 15 is 0 Å². The molecule has 1 heterocycles. The minimum absolute atomic E-state index is 0.00821. The first-order chi connectivity index (χ1) is 12.7. The number of phenols is 2. The molecular formula is C19H21FN4O3. The SMILES string of the molecule is CC(C)c1cc(-c2nnc(O)n2-c2ccc(N(C)C)c(F)c2)c(O)cc1O. The smallest absolute Gasteiger partial charge is 0.319 e. The second kappa shape index (κ2) is 6.79. The Kier molecular flexibility index (Phi) is 4.65. The van der Waals surface area contributed by atoms with Crippen molar-refractivity contribution < 1.29 is 19.7 Å². The number of anilines is 1. The first-order valence-electron chi connectivity index (χ1n) is 8.38. The number of hydrogen-bond acceptors (Lipinski definition) is 6. The molecule has 3 N–H and O–H groups in total. The van der Waals surface area contributed by atoms with Crippen molar-refractivity contribution in [3.05, 3.63) is 41.7 Å². The van der Waals surface area contributed by atoms with Crippen molar-refractivity contribution in [2.75, 3.05) is 19.0 Å². The van der Waals surface area contributed by atoms with Crippen LogP contribution in [0.5, 0.6) is 17.5 Å². The van der Waals surface area contributed by atoms with Gasteiger partial charge in [0.15, 0.2) is 5.82 Å². The minimum atomic E-state index is -0.477. The number of hydrogen-bond donors (Lipinski definition) is 3. The van der Waals surface area contributed by atoms with Gasteiger partial charge in [-0.2, -0.15) is 0 Å². The van der Waals surface area contributed by atoms with E-state index in [1.54, 1.807) is 37.2 Å². The zero-order chi connectivity index (χ0) is 19.9. The topological polar surface area (TPSA) is 94.6 Å². The van der Waals surface area contributed by atoms with Crippen LogP contribution in [0.3, 0.4) is 0 Å². The van der Waals surface area contributed by atoms with Gasteiger partial charge in [0.05, 0.1) is 16.9 Å². The average Bonchev–Trinajstić information content (AvgIpc) is 2.95. The maximum Gasteiger partial charge on any atom is 0.319 e. The lowest BCUT2D eigenvalue weighted by molar-refractivity contribution is 0.420. The fourth-order valence-electron chi connectivity index (χ4n) is 2.92. The van der Waals surface area contributed by atoms with Gasteiger partial charge in [-0.05, 0) is 29.7 Å². The van der Waals surface area contributed by atoms with Gasteiger partial charge in [-0.1, -0.05) is 18.9 Å². The van der Waals surface area contributed by atoms with Crippen LogP contribution < -0.4 is 4.90 Å². The Balaban J connectivity index is 2.20. The highest BCUT2D eigenvalue weighted by atomic mass is 19.1. The van der Waals surface area contributed by atoms with Crippen molar-refractivity contribution in [2.24, 2.45) is 0 Å². The lowest BCUT2D eigenvalue weighted by Crippen LogP contribution is -2.11. The van der Waals surface area contributed by atoms with Crippen molar-refractivity contribution in [2.45, 2.75) is 19.8 Å². The lowest BCUT2D eigenvalue weighted by atomic mass is 9.98. The Hall–Kier alpha value is -3.29. The molecule has 0 spiro atoms. The Morgan fingerprint density at radius 3 is 2.30 bits per heavy atom. The van der Waals surface area contributed by atoms with Crippen molar-refractivity contribution in [3.63, 3.8) is 0 Å². The van der Waals surface area contributed by atoms with Crippen LogP contribution in [0.1, 0.15) is 25.3 Å². The molecular weight excluding hydrogens is 351 g/mol. The number of benzene rings is 2. The normalized spacial score (nSPS) is 11.2. The summed E-state index contributed by atoms with van der Waals surface area (Å²) in [5, 5.41) is 38.1. The number of aromatic nitrogens is 3. The molecule has 142 valence electrons. The monoisotopic (exact) mass is 372 g/mol. The maximum atomic E-state index is 14.4. The van der Waals surface area contributed by atoms with E-state index < -0.39 is 11.8 Å². The van der Waals surface area contributed by atoms with Gasteiger partial charge in [-0.3, -0.25) is 0 Å². The molecule has 0 saturated heterocycles. The van der Waals surface area contributed by atoms with E-state index in [-0.39, 0.29) is 28.8 Å². The molecule has 8 heteroatoms. The van der Waals surface area contributed by atoms with E-state index in [1.165, 1.54) is 16.7 Å². The van der Waals surface area contributed by atoms with Crippen LogP contribution in [0.2, 0.25) is 0 Å². The van der Waals surface area contributed by atoms with Crippen LogP contribution in [-0.2, 0) is 0 Å². The van der Waals surface area contributed by atoms with E-state index in [0.717, 1.165) is 0 Å². The Labute approximate surface area is 156 Å².